The van der Waals surface area contributed by atoms with Crippen molar-refractivity contribution in [3.8, 4) is 0 Å². The van der Waals surface area contributed by atoms with Gasteiger partial charge in [-0.05, 0) is 26.8 Å². The van der Waals surface area contributed by atoms with E-state index in [1.165, 1.54) is 0 Å². The summed E-state index contributed by atoms with van der Waals surface area (Å²) < 4.78 is 4.90. The van der Waals surface area contributed by atoms with Gasteiger partial charge in [0, 0.05) is 26.8 Å². The number of amides is 2. The number of rotatable bonds is 10. The van der Waals surface area contributed by atoms with Crippen molar-refractivity contribution in [2.24, 2.45) is 0 Å². The minimum atomic E-state index is -0.309. The predicted octanol–water partition coefficient (Wildman–Crippen LogP) is -0.0144. The monoisotopic (exact) mass is 273 g/mol. The number of methoxy groups -OCH3 is 1. The maximum atomic E-state index is 11.7. The van der Waals surface area contributed by atoms with E-state index in [0.29, 0.717) is 19.7 Å². The van der Waals surface area contributed by atoms with Gasteiger partial charge in [0.2, 0.25) is 11.8 Å². The fourth-order valence-corrected chi connectivity index (χ4v) is 1.46. The lowest BCUT2D eigenvalue weighted by Gasteiger charge is -2.23. The van der Waals surface area contributed by atoms with E-state index >= 15 is 0 Å². The number of nitrogens with one attached hydrogen (secondary N) is 2. The highest BCUT2D eigenvalue weighted by molar-refractivity contribution is 5.83. The Balaban J connectivity index is 3.90. The Bertz CT molecular complexity index is 272. The average Bonchev–Trinajstić information content (AvgIpc) is 2.39. The Morgan fingerprint density at radius 2 is 1.95 bits per heavy atom. The van der Waals surface area contributed by atoms with E-state index in [0.717, 1.165) is 12.8 Å². The van der Waals surface area contributed by atoms with Crippen LogP contribution in [0.25, 0.3) is 0 Å². The Kier molecular flexibility index (Phi) is 10.1. The average molecular weight is 273 g/mol. The van der Waals surface area contributed by atoms with Gasteiger partial charge in [-0.2, -0.15) is 0 Å². The molecule has 19 heavy (non-hydrogen) atoms. The van der Waals surface area contributed by atoms with Gasteiger partial charge in [-0.25, -0.2) is 0 Å². The highest BCUT2D eigenvalue weighted by Crippen LogP contribution is 1.95. The second-order valence-electron chi connectivity index (χ2n) is 4.58. The van der Waals surface area contributed by atoms with Crippen molar-refractivity contribution < 1.29 is 14.3 Å². The molecule has 0 rings (SSSR count). The van der Waals surface area contributed by atoms with E-state index in [1.807, 2.05) is 6.92 Å². The van der Waals surface area contributed by atoms with Crippen LogP contribution in [0.1, 0.15) is 26.7 Å². The number of hydrogen-bond acceptors (Lipinski definition) is 4. The van der Waals surface area contributed by atoms with Crippen LogP contribution >= 0.6 is 0 Å². The quantitative estimate of drug-likeness (QED) is 0.549. The van der Waals surface area contributed by atoms with E-state index in [-0.39, 0.29) is 24.4 Å². The largest absolute Gasteiger partial charge is 0.385 e. The Hall–Kier alpha value is -1.14. The van der Waals surface area contributed by atoms with Crippen LogP contribution in [0.4, 0.5) is 0 Å². The smallest absolute Gasteiger partial charge is 0.237 e. The minimum Gasteiger partial charge on any atom is -0.385 e. The molecule has 112 valence electrons. The molecule has 2 N–H and O–H groups in total. The van der Waals surface area contributed by atoms with E-state index in [2.05, 4.69) is 10.6 Å². The summed E-state index contributed by atoms with van der Waals surface area (Å²) in [6.45, 7) is 5.90. The number of nitrogens with zero attached hydrogens (tertiary/aromatic N) is 1. The molecule has 0 aromatic rings. The fraction of sp³-hybridized carbons (Fsp3) is 0.846. The highest BCUT2D eigenvalue weighted by Gasteiger charge is 2.19. The first-order chi connectivity index (χ1) is 9.02. The van der Waals surface area contributed by atoms with Crippen LogP contribution in [0.3, 0.4) is 0 Å². The first kappa shape index (κ1) is 17.9. The van der Waals surface area contributed by atoms with Crippen LogP contribution < -0.4 is 10.6 Å². The summed E-state index contributed by atoms with van der Waals surface area (Å²) in [6, 6.07) is -0.309. The molecule has 0 aromatic carbocycles. The summed E-state index contributed by atoms with van der Waals surface area (Å²) in [5.74, 6) is -0.120. The van der Waals surface area contributed by atoms with Gasteiger partial charge in [0.05, 0.1) is 12.6 Å². The molecule has 1 atom stereocenters. The third-order valence-corrected chi connectivity index (χ3v) is 2.83. The molecule has 0 spiro atoms. The van der Waals surface area contributed by atoms with E-state index in [4.69, 9.17) is 4.74 Å². The molecule has 0 saturated carbocycles. The number of likely N-dealkylation sites (N-methyl/N-ethyl adjacent to an activating group) is 1. The molecular formula is C13H27N3O3. The molecule has 6 heteroatoms. The maximum absolute atomic E-state index is 11.7. The van der Waals surface area contributed by atoms with Gasteiger partial charge in [0.1, 0.15) is 0 Å². The zero-order chi connectivity index (χ0) is 14.7. The summed E-state index contributed by atoms with van der Waals surface area (Å²) >= 11 is 0. The minimum absolute atomic E-state index is 0.0449. The summed E-state index contributed by atoms with van der Waals surface area (Å²) in [7, 11) is 3.40. The van der Waals surface area contributed by atoms with Crippen molar-refractivity contribution in [1.29, 1.82) is 0 Å². The van der Waals surface area contributed by atoms with Crippen LogP contribution in [-0.4, -0.2) is 63.2 Å². The van der Waals surface area contributed by atoms with Crippen molar-refractivity contribution in [2.45, 2.75) is 32.7 Å². The Labute approximate surface area is 115 Å². The van der Waals surface area contributed by atoms with E-state index in [1.54, 1.807) is 26.0 Å². The second-order valence-corrected chi connectivity index (χ2v) is 4.58. The lowest BCUT2D eigenvalue weighted by Crippen LogP contribution is -2.47. The SMILES string of the molecule is CCCNC(=O)C(C)N(C)CC(=O)NCCCOC. The van der Waals surface area contributed by atoms with Crippen molar-refractivity contribution >= 4 is 11.8 Å². The van der Waals surface area contributed by atoms with Gasteiger partial charge in [-0.3, -0.25) is 14.5 Å². The van der Waals surface area contributed by atoms with Crippen molar-refractivity contribution in [3.05, 3.63) is 0 Å². The van der Waals surface area contributed by atoms with Gasteiger partial charge in [-0.1, -0.05) is 6.92 Å². The predicted molar refractivity (Wildman–Crippen MR) is 74.9 cm³/mol. The molecule has 2 amide bonds. The molecule has 1 unspecified atom stereocenters. The molecular weight excluding hydrogens is 246 g/mol. The van der Waals surface area contributed by atoms with Gasteiger partial charge < -0.3 is 15.4 Å². The molecule has 0 fully saturated rings. The Morgan fingerprint density at radius 1 is 1.26 bits per heavy atom. The third kappa shape index (κ3) is 8.56. The molecule has 0 aromatic heterocycles. The zero-order valence-electron chi connectivity index (χ0n) is 12.5. The van der Waals surface area contributed by atoms with Crippen molar-refractivity contribution in [2.75, 3.05) is 40.4 Å². The summed E-state index contributed by atoms with van der Waals surface area (Å²) in [6.07, 6.45) is 1.70. The van der Waals surface area contributed by atoms with Crippen LogP contribution in [0, 0.1) is 0 Å². The van der Waals surface area contributed by atoms with Crippen molar-refractivity contribution in [3.63, 3.8) is 0 Å². The number of carbonyl (C=O) groups excluding carboxylic acids is 2. The van der Waals surface area contributed by atoms with Gasteiger partial charge in [0.15, 0.2) is 0 Å². The molecule has 0 aliphatic carbocycles. The summed E-state index contributed by atoms with van der Waals surface area (Å²) in [4.78, 5) is 25.1. The lowest BCUT2D eigenvalue weighted by atomic mass is 10.2. The van der Waals surface area contributed by atoms with Gasteiger partial charge in [-0.15, -0.1) is 0 Å². The standard InChI is InChI=1S/C13H27N3O3/c1-5-7-15-13(18)11(2)16(3)10-12(17)14-8-6-9-19-4/h11H,5-10H2,1-4H3,(H,14,17)(H,15,18). The summed E-state index contributed by atoms with van der Waals surface area (Å²) in [5, 5.41) is 5.61. The Morgan fingerprint density at radius 3 is 2.53 bits per heavy atom. The molecule has 0 heterocycles. The van der Waals surface area contributed by atoms with E-state index in [9.17, 15) is 9.59 Å². The maximum Gasteiger partial charge on any atom is 0.237 e. The normalized spacial score (nSPS) is 12.3. The van der Waals surface area contributed by atoms with Gasteiger partial charge >= 0.3 is 0 Å². The van der Waals surface area contributed by atoms with Crippen LogP contribution in [0.5, 0.6) is 0 Å². The molecule has 6 nitrogen and oxygen atoms in total. The summed E-state index contributed by atoms with van der Waals surface area (Å²) in [5.41, 5.74) is 0. The van der Waals surface area contributed by atoms with Crippen molar-refractivity contribution in [1.82, 2.24) is 15.5 Å². The number of ether oxygens (including phenoxy) is 1. The van der Waals surface area contributed by atoms with Crippen LogP contribution in [0.15, 0.2) is 0 Å². The molecule has 0 aliphatic heterocycles. The fourth-order valence-electron chi connectivity index (χ4n) is 1.46. The molecule has 0 bridgehead atoms. The lowest BCUT2D eigenvalue weighted by molar-refractivity contribution is -0.127. The van der Waals surface area contributed by atoms with Crippen LogP contribution in [0.2, 0.25) is 0 Å². The molecule has 0 radical (unpaired) electrons. The van der Waals surface area contributed by atoms with Gasteiger partial charge in [0.25, 0.3) is 0 Å². The first-order valence-electron chi connectivity index (χ1n) is 6.76. The molecule has 0 saturated heterocycles. The topological polar surface area (TPSA) is 70.7 Å². The number of carbonyl (C=O) groups is 2. The number of hydrogen-bond donors (Lipinski definition) is 2. The van der Waals surface area contributed by atoms with Crippen LogP contribution in [-0.2, 0) is 14.3 Å². The second kappa shape index (κ2) is 10.8. The third-order valence-electron chi connectivity index (χ3n) is 2.83. The zero-order valence-corrected chi connectivity index (χ0v) is 12.5. The van der Waals surface area contributed by atoms with E-state index < -0.39 is 0 Å². The highest BCUT2D eigenvalue weighted by atomic mass is 16.5. The first-order valence-corrected chi connectivity index (χ1v) is 6.76. The molecule has 0 aliphatic rings.